The smallest absolute Gasteiger partial charge is 0.280 e. The molecule has 4 aromatic rings. The second-order valence-corrected chi connectivity index (χ2v) is 9.32. The number of ether oxygens (including phenoxy) is 1. The summed E-state index contributed by atoms with van der Waals surface area (Å²) in [6.07, 6.45) is -4.02. The van der Waals surface area contributed by atoms with Crippen LogP contribution in [-0.2, 0) is 11.2 Å². The van der Waals surface area contributed by atoms with Crippen LogP contribution in [0.4, 0.5) is 17.6 Å². The lowest BCUT2D eigenvalue weighted by molar-refractivity contribution is -0.0501. The van der Waals surface area contributed by atoms with Crippen molar-refractivity contribution in [3.63, 3.8) is 0 Å². The van der Waals surface area contributed by atoms with Gasteiger partial charge < -0.3 is 30.3 Å². The molecule has 1 aliphatic heterocycles. The Labute approximate surface area is 205 Å². The summed E-state index contributed by atoms with van der Waals surface area (Å²) in [7, 11) is 3.47. The van der Waals surface area contributed by atoms with Crippen molar-refractivity contribution in [1.29, 1.82) is 0 Å². The van der Waals surface area contributed by atoms with Crippen LogP contribution in [0.2, 0.25) is 0 Å². The molecule has 4 atom stereocenters. The van der Waals surface area contributed by atoms with E-state index in [2.05, 4.69) is 32.4 Å². The minimum absolute atomic E-state index is 0.0504. The first-order chi connectivity index (χ1) is 17.4. The van der Waals surface area contributed by atoms with E-state index in [0.717, 1.165) is 17.7 Å². The van der Waals surface area contributed by atoms with Crippen LogP contribution in [0.15, 0.2) is 47.3 Å². The van der Waals surface area contributed by atoms with Gasteiger partial charge >= 0.3 is 0 Å². The molecule has 2 aromatic heterocycles. The van der Waals surface area contributed by atoms with Crippen LogP contribution in [0.3, 0.4) is 0 Å². The number of nitrogens with zero attached hydrogens (tertiary/aromatic N) is 4. The Morgan fingerprint density at radius 2 is 1.89 bits per heavy atom. The fourth-order valence-electron chi connectivity index (χ4n) is 4.96. The zero-order chi connectivity index (χ0) is 25.1. The Balaban J connectivity index is 1.46. The molecule has 1 saturated heterocycles. The lowest BCUT2D eigenvalue weighted by Gasteiger charge is -2.20. The minimum atomic E-state index is -1.38. The molecule has 3 heterocycles. The zero-order valence-corrected chi connectivity index (χ0v) is 19.7. The summed E-state index contributed by atoms with van der Waals surface area (Å²) in [5, 5.41) is 34.0. The molecule has 11 nitrogen and oxygen atoms in total. The lowest BCUT2D eigenvalue weighted by Crippen LogP contribution is -2.33. The van der Waals surface area contributed by atoms with Gasteiger partial charge in [-0.25, -0.2) is 4.98 Å². The number of hydrogen-bond donors (Lipinski definition) is 5. The number of fused-ring (bicyclic) bond motifs is 4. The van der Waals surface area contributed by atoms with E-state index in [9.17, 15) is 20.1 Å². The molecule has 0 spiro atoms. The fraction of sp³-hybridized carbons (Fsp3) is 0.320. The van der Waals surface area contributed by atoms with Crippen LogP contribution in [0.1, 0.15) is 17.4 Å². The SMILES string of the molecule is CN(C)c1nc2c(nc(Nc3ccc4c(c3)Cc3ccccc3-4)n2[C@@H]2O[C@H](CO)[C@@H](O)[C@H]2O)c(=O)[nH]1. The third kappa shape index (κ3) is 3.47. The summed E-state index contributed by atoms with van der Waals surface area (Å²) >= 11 is 0. The highest BCUT2D eigenvalue weighted by Crippen LogP contribution is 2.39. The Morgan fingerprint density at radius 1 is 1.11 bits per heavy atom. The van der Waals surface area contributed by atoms with E-state index in [0.29, 0.717) is 5.95 Å². The molecule has 1 aliphatic carbocycles. The molecule has 0 bridgehead atoms. The lowest BCUT2D eigenvalue weighted by atomic mass is 10.1. The quantitative estimate of drug-likeness (QED) is 0.244. The fourth-order valence-corrected chi connectivity index (χ4v) is 4.96. The Bertz CT molecular complexity index is 1530. The predicted octanol–water partition coefficient (Wildman–Crippen LogP) is 1.11. The Morgan fingerprint density at radius 3 is 2.64 bits per heavy atom. The van der Waals surface area contributed by atoms with Gasteiger partial charge in [0, 0.05) is 19.8 Å². The first-order valence-corrected chi connectivity index (χ1v) is 11.7. The second kappa shape index (κ2) is 8.42. The number of aromatic nitrogens is 4. The summed E-state index contributed by atoms with van der Waals surface area (Å²) in [4.78, 5) is 26.2. The van der Waals surface area contributed by atoms with Gasteiger partial charge in [0.2, 0.25) is 11.9 Å². The first kappa shape index (κ1) is 22.7. The number of aromatic amines is 1. The Hall–Kier alpha value is -3.77. The zero-order valence-electron chi connectivity index (χ0n) is 19.7. The molecule has 186 valence electrons. The highest BCUT2D eigenvalue weighted by molar-refractivity contribution is 5.80. The van der Waals surface area contributed by atoms with Gasteiger partial charge in [0.15, 0.2) is 17.4 Å². The number of anilines is 3. The molecule has 2 aromatic carbocycles. The monoisotopic (exact) mass is 490 g/mol. The topological polar surface area (TPSA) is 149 Å². The van der Waals surface area contributed by atoms with Gasteiger partial charge in [0.25, 0.3) is 5.56 Å². The summed E-state index contributed by atoms with van der Waals surface area (Å²) in [5.41, 5.74) is 5.29. The van der Waals surface area contributed by atoms with E-state index < -0.39 is 36.7 Å². The number of aliphatic hydroxyl groups excluding tert-OH is 3. The van der Waals surface area contributed by atoms with Gasteiger partial charge in [-0.15, -0.1) is 0 Å². The number of nitrogens with one attached hydrogen (secondary N) is 2. The summed E-state index contributed by atoms with van der Waals surface area (Å²) < 4.78 is 7.25. The van der Waals surface area contributed by atoms with Gasteiger partial charge in [0.1, 0.15) is 18.3 Å². The normalized spacial score (nSPS) is 22.6. The third-order valence-corrected chi connectivity index (χ3v) is 6.78. The third-order valence-electron chi connectivity index (χ3n) is 6.78. The minimum Gasteiger partial charge on any atom is -0.394 e. The standard InChI is InChI=1S/C25H26N6O5/c1-30(2)24-28-21-18(22(35)29-24)27-25(31(21)23-20(34)19(33)17(11-32)36-23)26-14-7-8-16-13(10-14)9-12-5-3-4-6-15(12)16/h3-8,10,17,19-20,23,32-34H,9,11H2,1-2H3,(H,26,27)(H,28,29,35)/t17-,19-,20-,23-/m1/s1. The van der Waals surface area contributed by atoms with E-state index in [-0.39, 0.29) is 17.1 Å². The molecule has 6 rings (SSSR count). The molecule has 36 heavy (non-hydrogen) atoms. The van der Waals surface area contributed by atoms with Crippen molar-refractivity contribution in [3.8, 4) is 11.1 Å². The van der Waals surface area contributed by atoms with Crippen molar-refractivity contribution >= 4 is 28.7 Å². The van der Waals surface area contributed by atoms with Crippen LogP contribution in [0, 0.1) is 0 Å². The van der Waals surface area contributed by atoms with Gasteiger partial charge in [-0.3, -0.25) is 14.3 Å². The maximum atomic E-state index is 12.9. The van der Waals surface area contributed by atoms with Crippen molar-refractivity contribution in [3.05, 3.63) is 63.9 Å². The number of aliphatic hydroxyl groups is 3. The summed E-state index contributed by atoms with van der Waals surface area (Å²) in [6, 6.07) is 14.3. The maximum absolute atomic E-state index is 12.9. The van der Waals surface area contributed by atoms with Crippen molar-refractivity contribution < 1.29 is 20.1 Å². The van der Waals surface area contributed by atoms with E-state index in [1.54, 1.807) is 19.0 Å². The molecule has 0 saturated carbocycles. The van der Waals surface area contributed by atoms with Crippen molar-refractivity contribution in [1.82, 2.24) is 19.5 Å². The maximum Gasteiger partial charge on any atom is 0.280 e. The van der Waals surface area contributed by atoms with Crippen molar-refractivity contribution in [2.24, 2.45) is 0 Å². The van der Waals surface area contributed by atoms with Gasteiger partial charge in [0.05, 0.1) is 6.61 Å². The van der Waals surface area contributed by atoms with Crippen LogP contribution in [0.25, 0.3) is 22.3 Å². The van der Waals surface area contributed by atoms with Crippen molar-refractivity contribution in [2.45, 2.75) is 31.0 Å². The van der Waals surface area contributed by atoms with E-state index in [1.165, 1.54) is 21.3 Å². The number of H-pyrrole nitrogens is 1. The van der Waals surface area contributed by atoms with Crippen molar-refractivity contribution in [2.75, 3.05) is 30.9 Å². The van der Waals surface area contributed by atoms with E-state index in [1.807, 2.05) is 30.3 Å². The predicted molar refractivity (Wildman–Crippen MR) is 133 cm³/mol. The van der Waals surface area contributed by atoms with Gasteiger partial charge in [-0.2, -0.15) is 4.98 Å². The number of hydrogen-bond acceptors (Lipinski definition) is 9. The summed E-state index contributed by atoms with van der Waals surface area (Å²) in [6.45, 7) is -0.480. The molecule has 0 radical (unpaired) electrons. The highest BCUT2D eigenvalue weighted by Gasteiger charge is 2.45. The summed E-state index contributed by atoms with van der Waals surface area (Å²) in [5.74, 6) is 0.506. The second-order valence-electron chi connectivity index (χ2n) is 9.32. The molecule has 1 fully saturated rings. The molecule has 0 amide bonds. The molecule has 11 heteroatoms. The van der Waals surface area contributed by atoms with Crippen LogP contribution < -0.4 is 15.8 Å². The van der Waals surface area contributed by atoms with Crippen LogP contribution in [-0.4, -0.2) is 73.9 Å². The highest BCUT2D eigenvalue weighted by atomic mass is 16.6. The van der Waals surface area contributed by atoms with Crippen LogP contribution in [0.5, 0.6) is 0 Å². The van der Waals surface area contributed by atoms with Gasteiger partial charge in [-0.1, -0.05) is 30.3 Å². The van der Waals surface area contributed by atoms with E-state index in [4.69, 9.17) is 4.74 Å². The average Bonchev–Trinajstić information content (AvgIpc) is 3.50. The van der Waals surface area contributed by atoms with Gasteiger partial charge in [-0.05, 0) is 40.8 Å². The molecule has 2 aliphatic rings. The Kier molecular flexibility index (Phi) is 5.30. The first-order valence-electron chi connectivity index (χ1n) is 11.7. The number of benzene rings is 2. The number of rotatable bonds is 5. The molecule has 5 N–H and O–H groups in total. The largest absolute Gasteiger partial charge is 0.394 e. The van der Waals surface area contributed by atoms with Crippen LogP contribution >= 0.6 is 0 Å². The average molecular weight is 491 g/mol. The van der Waals surface area contributed by atoms with E-state index >= 15 is 0 Å². The molecular formula is C25H26N6O5. The number of imidazole rings is 1. The molecule has 0 unspecified atom stereocenters. The molecular weight excluding hydrogens is 464 g/mol.